The number of hydrogen-bond acceptors (Lipinski definition) is 3. The van der Waals surface area contributed by atoms with Gasteiger partial charge < -0.3 is 5.32 Å². The monoisotopic (exact) mass is 289 g/mol. The van der Waals surface area contributed by atoms with Crippen LogP contribution in [0.1, 0.15) is 19.4 Å². The first kappa shape index (κ1) is 13.8. The van der Waals surface area contributed by atoms with E-state index in [4.69, 9.17) is 11.6 Å². The average molecular weight is 290 g/mol. The molecule has 1 saturated heterocycles. The van der Waals surface area contributed by atoms with Gasteiger partial charge in [0.15, 0.2) is 0 Å². The number of aromatic nitrogens is 1. The third-order valence-electron chi connectivity index (χ3n) is 4.11. The van der Waals surface area contributed by atoms with Crippen LogP contribution in [0.4, 0.5) is 0 Å². The molecule has 0 radical (unpaired) electrons. The van der Waals surface area contributed by atoms with Crippen molar-refractivity contribution in [3.63, 3.8) is 0 Å². The van der Waals surface area contributed by atoms with Crippen LogP contribution in [0, 0.1) is 0 Å². The fraction of sp³-hybridized carbons (Fsp3) is 0.438. The van der Waals surface area contributed by atoms with Crippen LogP contribution in [-0.2, 0) is 6.54 Å². The Hall–Kier alpha value is -1.16. The normalized spacial score (nSPS) is 24.1. The summed E-state index contributed by atoms with van der Waals surface area (Å²) in [7, 11) is 0. The summed E-state index contributed by atoms with van der Waals surface area (Å²) in [4.78, 5) is 7.01. The van der Waals surface area contributed by atoms with Gasteiger partial charge in [-0.25, -0.2) is 4.98 Å². The van der Waals surface area contributed by atoms with Gasteiger partial charge in [-0.15, -0.1) is 0 Å². The molecule has 1 fully saturated rings. The zero-order chi connectivity index (χ0) is 14.1. The van der Waals surface area contributed by atoms with Crippen molar-refractivity contribution in [1.82, 2.24) is 15.2 Å². The molecule has 2 aromatic rings. The molecule has 0 amide bonds. The molecule has 20 heavy (non-hydrogen) atoms. The summed E-state index contributed by atoms with van der Waals surface area (Å²) < 4.78 is 0. The first-order valence-electron chi connectivity index (χ1n) is 7.16. The lowest BCUT2D eigenvalue weighted by Crippen LogP contribution is -2.54. The Bertz CT molecular complexity index is 604. The summed E-state index contributed by atoms with van der Waals surface area (Å²) in [5.74, 6) is 0. The van der Waals surface area contributed by atoms with Crippen molar-refractivity contribution >= 4 is 22.5 Å². The predicted molar refractivity (Wildman–Crippen MR) is 84.1 cm³/mol. The SMILES string of the molecule is CC1CNCC(C)N1Cc1cc2ccccc2nc1Cl. The quantitative estimate of drug-likeness (QED) is 0.861. The highest BCUT2D eigenvalue weighted by Gasteiger charge is 2.25. The van der Waals surface area contributed by atoms with Crippen molar-refractivity contribution < 1.29 is 0 Å². The molecule has 1 aromatic heterocycles. The molecule has 0 aliphatic carbocycles. The minimum absolute atomic E-state index is 0.515. The number of fused-ring (bicyclic) bond motifs is 1. The Labute approximate surface area is 124 Å². The number of para-hydroxylation sites is 1. The molecular formula is C16H20ClN3. The fourth-order valence-electron chi connectivity index (χ4n) is 2.93. The minimum Gasteiger partial charge on any atom is -0.314 e. The van der Waals surface area contributed by atoms with Gasteiger partial charge in [0.25, 0.3) is 0 Å². The fourth-order valence-corrected chi connectivity index (χ4v) is 3.13. The zero-order valence-corrected chi connectivity index (χ0v) is 12.7. The van der Waals surface area contributed by atoms with Gasteiger partial charge in [0.05, 0.1) is 5.52 Å². The number of piperazine rings is 1. The van der Waals surface area contributed by atoms with Gasteiger partial charge in [-0.1, -0.05) is 29.8 Å². The molecule has 0 saturated carbocycles. The minimum atomic E-state index is 0.515. The largest absolute Gasteiger partial charge is 0.314 e. The summed E-state index contributed by atoms with van der Waals surface area (Å²) >= 11 is 6.36. The molecule has 1 aliphatic rings. The number of nitrogens with zero attached hydrogens (tertiary/aromatic N) is 2. The second-order valence-corrected chi connectivity index (χ2v) is 6.02. The maximum absolute atomic E-state index is 6.36. The second kappa shape index (κ2) is 5.68. The van der Waals surface area contributed by atoms with E-state index in [1.54, 1.807) is 0 Å². The van der Waals surface area contributed by atoms with E-state index in [2.05, 4.69) is 41.2 Å². The number of benzene rings is 1. The molecule has 1 N–H and O–H groups in total. The topological polar surface area (TPSA) is 28.2 Å². The summed E-state index contributed by atoms with van der Waals surface area (Å²) in [6, 6.07) is 11.3. The van der Waals surface area contributed by atoms with E-state index in [9.17, 15) is 0 Å². The van der Waals surface area contributed by atoms with Gasteiger partial charge in [0.1, 0.15) is 5.15 Å². The van der Waals surface area contributed by atoms with Crippen LogP contribution in [0.2, 0.25) is 5.15 Å². The summed E-state index contributed by atoms with van der Waals surface area (Å²) in [6.07, 6.45) is 0. The highest BCUT2D eigenvalue weighted by atomic mass is 35.5. The molecule has 2 unspecified atom stereocenters. The molecule has 2 heterocycles. The zero-order valence-electron chi connectivity index (χ0n) is 11.9. The lowest BCUT2D eigenvalue weighted by Gasteiger charge is -2.39. The van der Waals surface area contributed by atoms with E-state index in [-0.39, 0.29) is 0 Å². The molecular weight excluding hydrogens is 270 g/mol. The molecule has 1 aromatic carbocycles. The number of rotatable bonds is 2. The Kier molecular flexibility index (Phi) is 3.92. The van der Waals surface area contributed by atoms with Crippen LogP contribution in [0.25, 0.3) is 10.9 Å². The number of nitrogens with one attached hydrogen (secondary N) is 1. The molecule has 3 nitrogen and oxygen atoms in total. The number of hydrogen-bond donors (Lipinski definition) is 1. The Morgan fingerprint density at radius 2 is 1.95 bits per heavy atom. The van der Waals surface area contributed by atoms with Crippen LogP contribution in [0.5, 0.6) is 0 Å². The van der Waals surface area contributed by atoms with E-state index in [0.29, 0.717) is 17.2 Å². The van der Waals surface area contributed by atoms with Crippen LogP contribution in [-0.4, -0.2) is 35.1 Å². The third-order valence-corrected chi connectivity index (χ3v) is 4.44. The van der Waals surface area contributed by atoms with Gasteiger partial charge in [-0.2, -0.15) is 0 Å². The lowest BCUT2D eigenvalue weighted by molar-refractivity contribution is 0.109. The first-order valence-corrected chi connectivity index (χ1v) is 7.53. The van der Waals surface area contributed by atoms with Gasteiger partial charge in [-0.3, -0.25) is 4.90 Å². The summed E-state index contributed by atoms with van der Waals surface area (Å²) in [5, 5.41) is 5.24. The van der Waals surface area contributed by atoms with E-state index < -0.39 is 0 Å². The standard InChI is InChI=1S/C16H20ClN3/c1-11-8-18-9-12(2)20(11)10-14-7-13-5-3-4-6-15(13)19-16(14)17/h3-7,11-12,18H,8-10H2,1-2H3. The molecule has 0 bridgehead atoms. The van der Waals surface area contributed by atoms with E-state index >= 15 is 0 Å². The summed E-state index contributed by atoms with van der Waals surface area (Å²) in [6.45, 7) is 7.43. The highest BCUT2D eigenvalue weighted by Crippen LogP contribution is 2.24. The van der Waals surface area contributed by atoms with Crippen LogP contribution in [0.15, 0.2) is 30.3 Å². The predicted octanol–water partition coefficient (Wildman–Crippen LogP) is 3.07. The Morgan fingerprint density at radius 1 is 1.25 bits per heavy atom. The van der Waals surface area contributed by atoms with E-state index in [0.717, 1.165) is 36.1 Å². The van der Waals surface area contributed by atoms with Crippen molar-refractivity contribution in [2.75, 3.05) is 13.1 Å². The van der Waals surface area contributed by atoms with E-state index in [1.807, 2.05) is 18.2 Å². The Morgan fingerprint density at radius 3 is 2.70 bits per heavy atom. The number of halogens is 1. The lowest BCUT2D eigenvalue weighted by atomic mass is 10.1. The molecule has 1 aliphatic heterocycles. The van der Waals surface area contributed by atoms with Gasteiger partial charge in [-0.05, 0) is 26.0 Å². The van der Waals surface area contributed by atoms with Crippen LogP contribution < -0.4 is 5.32 Å². The molecule has 0 spiro atoms. The van der Waals surface area contributed by atoms with E-state index in [1.165, 1.54) is 0 Å². The van der Waals surface area contributed by atoms with Crippen molar-refractivity contribution in [3.8, 4) is 0 Å². The second-order valence-electron chi connectivity index (χ2n) is 5.66. The number of pyridine rings is 1. The van der Waals surface area contributed by atoms with Crippen molar-refractivity contribution in [1.29, 1.82) is 0 Å². The van der Waals surface area contributed by atoms with Crippen molar-refractivity contribution in [3.05, 3.63) is 41.0 Å². The maximum atomic E-state index is 6.36. The molecule has 106 valence electrons. The van der Waals surface area contributed by atoms with Crippen LogP contribution in [0.3, 0.4) is 0 Å². The summed E-state index contributed by atoms with van der Waals surface area (Å²) in [5.41, 5.74) is 2.08. The highest BCUT2D eigenvalue weighted by molar-refractivity contribution is 6.30. The third kappa shape index (κ3) is 2.66. The molecule has 2 atom stereocenters. The van der Waals surface area contributed by atoms with Crippen molar-refractivity contribution in [2.45, 2.75) is 32.5 Å². The smallest absolute Gasteiger partial charge is 0.134 e. The maximum Gasteiger partial charge on any atom is 0.134 e. The average Bonchev–Trinajstić information content (AvgIpc) is 2.43. The van der Waals surface area contributed by atoms with Gasteiger partial charge in [0, 0.05) is 42.7 Å². The molecule has 4 heteroatoms. The molecule has 3 rings (SSSR count). The van der Waals surface area contributed by atoms with Gasteiger partial charge >= 0.3 is 0 Å². The van der Waals surface area contributed by atoms with Crippen LogP contribution >= 0.6 is 11.6 Å². The first-order chi connectivity index (χ1) is 9.65. The van der Waals surface area contributed by atoms with Crippen molar-refractivity contribution in [2.24, 2.45) is 0 Å². The van der Waals surface area contributed by atoms with Gasteiger partial charge in [0.2, 0.25) is 0 Å². The Balaban J connectivity index is 1.91.